The highest BCUT2D eigenvalue weighted by Crippen LogP contribution is 2.43. The highest BCUT2D eigenvalue weighted by molar-refractivity contribution is 7.80. The average Bonchev–Trinajstić information content (AvgIpc) is 3.64. The zero-order valence-corrected chi connectivity index (χ0v) is 21.4. The van der Waals surface area contributed by atoms with Crippen LogP contribution in [0.2, 0.25) is 0 Å². The lowest BCUT2D eigenvalue weighted by molar-refractivity contribution is 0.377. The third-order valence-corrected chi connectivity index (χ3v) is 7.18. The highest BCUT2D eigenvalue weighted by Gasteiger charge is 2.26. The summed E-state index contributed by atoms with van der Waals surface area (Å²) in [6.45, 7) is 3.28. The standard InChI is InChI=1S/C27H34N6S/c1-17-23(12-18(16-33(17)4)6-5-11-32(2)3)30-27-28-15-21-14-25(34)29-24-13-20(19-7-8-19)9-10-22(24)26(21)31-27/h9-10,12-13,15-17,19H,5-8,11,14H2,1-4H3,(H,29,34)(H,28,30,31). The number of fused-ring (bicyclic) bond motifs is 3. The van der Waals surface area contributed by atoms with Crippen molar-refractivity contribution in [2.45, 2.75) is 51.0 Å². The van der Waals surface area contributed by atoms with Gasteiger partial charge in [-0.1, -0.05) is 24.4 Å². The van der Waals surface area contributed by atoms with Crippen LogP contribution in [0.15, 0.2) is 47.9 Å². The Morgan fingerprint density at radius 2 is 2.09 bits per heavy atom. The van der Waals surface area contributed by atoms with Gasteiger partial charge in [-0.15, -0.1) is 0 Å². The van der Waals surface area contributed by atoms with Gasteiger partial charge in [-0.2, -0.15) is 0 Å². The van der Waals surface area contributed by atoms with Crippen LogP contribution in [0.3, 0.4) is 0 Å². The Balaban J connectivity index is 1.42. The van der Waals surface area contributed by atoms with Crippen LogP contribution >= 0.6 is 12.2 Å². The number of rotatable bonds is 7. The van der Waals surface area contributed by atoms with Gasteiger partial charge in [-0.3, -0.25) is 0 Å². The van der Waals surface area contributed by atoms with Gasteiger partial charge in [0.1, 0.15) is 0 Å². The number of benzene rings is 1. The molecule has 1 saturated carbocycles. The Hall–Kier alpha value is -2.77. The van der Waals surface area contributed by atoms with Crippen LogP contribution in [0.25, 0.3) is 11.3 Å². The zero-order chi connectivity index (χ0) is 23.8. The van der Waals surface area contributed by atoms with Crippen molar-refractivity contribution in [3.63, 3.8) is 0 Å². The summed E-state index contributed by atoms with van der Waals surface area (Å²) in [5.41, 5.74) is 8.02. The quantitative estimate of drug-likeness (QED) is 0.537. The minimum atomic E-state index is 0.225. The van der Waals surface area contributed by atoms with Crippen molar-refractivity contribution in [1.29, 1.82) is 0 Å². The predicted octanol–water partition coefficient (Wildman–Crippen LogP) is 5.17. The number of aromatic nitrogens is 2. The summed E-state index contributed by atoms with van der Waals surface area (Å²) in [4.78, 5) is 15.0. The molecular weight excluding hydrogens is 440 g/mol. The fourth-order valence-corrected chi connectivity index (χ4v) is 4.96. The van der Waals surface area contributed by atoms with Gasteiger partial charge >= 0.3 is 0 Å². The summed E-state index contributed by atoms with van der Waals surface area (Å²) < 4.78 is 0. The third-order valence-electron chi connectivity index (χ3n) is 6.94. The maximum absolute atomic E-state index is 5.62. The molecule has 0 radical (unpaired) electrons. The van der Waals surface area contributed by atoms with Crippen molar-refractivity contribution in [2.75, 3.05) is 38.3 Å². The maximum atomic E-state index is 5.62. The number of likely N-dealkylation sites (N-methyl/N-ethyl adjacent to an activating group) is 1. The lowest BCUT2D eigenvalue weighted by atomic mass is 10.0. The van der Waals surface area contributed by atoms with E-state index >= 15 is 0 Å². The van der Waals surface area contributed by atoms with E-state index in [2.05, 4.69) is 84.0 Å². The fraction of sp³-hybridized carbons (Fsp3) is 0.444. The third kappa shape index (κ3) is 5.00. The van der Waals surface area contributed by atoms with Crippen LogP contribution < -0.4 is 10.6 Å². The molecule has 1 aromatic carbocycles. The molecular formula is C27H34N6S. The van der Waals surface area contributed by atoms with E-state index in [4.69, 9.17) is 17.2 Å². The van der Waals surface area contributed by atoms with Crippen molar-refractivity contribution < 1.29 is 0 Å². The Morgan fingerprint density at radius 3 is 2.85 bits per heavy atom. The monoisotopic (exact) mass is 474 g/mol. The second-order valence-corrected chi connectivity index (χ2v) is 10.5. The van der Waals surface area contributed by atoms with E-state index in [1.165, 1.54) is 24.0 Å². The first-order valence-corrected chi connectivity index (χ1v) is 12.6. The van der Waals surface area contributed by atoms with Crippen molar-refractivity contribution in [3.05, 3.63) is 59.1 Å². The van der Waals surface area contributed by atoms with Crippen LogP contribution in [0.5, 0.6) is 0 Å². The van der Waals surface area contributed by atoms with Crippen molar-refractivity contribution in [1.82, 2.24) is 19.8 Å². The summed E-state index contributed by atoms with van der Waals surface area (Å²) in [5.74, 6) is 1.33. The number of hydrogen-bond donors (Lipinski definition) is 2. The molecule has 0 saturated heterocycles. The molecule has 0 bridgehead atoms. The number of nitrogens with zero attached hydrogens (tertiary/aromatic N) is 4. The van der Waals surface area contributed by atoms with Gasteiger partial charge in [0, 0.05) is 48.4 Å². The van der Waals surface area contributed by atoms with E-state index in [9.17, 15) is 0 Å². The van der Waals surface area contributed by atoms with E-state index in [-0.39, 0.29) is 6.04 Å². The molecule has 1 aromatic heterocycles. The van der Waals surface area contributed by atoms with E-state index in [1.807, 2.05) is 6.20 Å². The largest absolute Gasteiger partial charge is 0.372 e. The number of hydrogen-bond acceptors (Lipinski definition) is 6. The van der Waals surface area contributed by atoms with Gasteiger partial charge in [-0.25, -0.2) is 9.97 Å². The summed E-state index contributed by atoms with van der Waals surface area (Å²) >= 11 is 5.62. The lowest BCUT2D eigenvalue weighted by Crippen LogP contribution is -2.32. The first kappa shape index (κ1) is 23.0. The zero-order valence-electron chi connectivity index (χ0n) is 20.6. The molecule has 34 heavy (non-hydrogen) atoms. The molecule has 5 rings (SSSR count). The predicted molar refractivity (Wildman–Crippen MR) is 144 cm³/mol. The first-order chi connectivity index (χ1) is 16.4. The Kier molecular flexibility index (Phi) is 6.40. The molecule has 2 N–H and O–H groups in total. The fourth-order valence-electron chi connectivity index (χ4n) is 4.70. The summed E-state index contributed by atoms with van der Waals surface area (Å²) in [5, 5.41) is 6.99. The topological polar surface area (TPSA) is 56.3 Å². The number of thiocarbonyl (C=S) groups is 1. The van der Waals surface area contributed by atoms with Crippen molar-refractivity contribution in [3.8, 4) is 11.3 Å². The molecule has 1 aliphatic carbocycles. The van der Waals surface area contributed by atoms with E-state index in [0.29, 0.717) is 18.3 Å². The van der Waals surface area contributed by atoms with Crippen LogP contribution in [-0.4, -0.2) is 58.5 Å². The molecule has 1 fully saturated rings. The Morgan fingerprint density at radius 1 is 1.26 bits per heavy atom. The molecule has 1 unspecified atom stereocenters. The SMILES string of the molecule is CC1C(Nc2ncc3c(n2)-c2ccc(C4CC4)cc2NC(=S)C3)=CC(CCCN(C)C)=CN1C. The van der Waals surface area contributed by atoms with Gasteiger partial charge in [-0.05, 0) is 82.4 Å². The number of allylic oxidation sites excluding steroid dienone is 2. The molecule has 178 valence electrons. The second kappa shape index (κ2) is 9.47. The molecule has 1 atom stereocenters. The van der Waals surface area contributed by atoms with Crippen LogP contribution in [0, 0.1) is 0 Å². The number of anilines is 2. The molecule has 3 heterocycles. The highest BCUT2D eigenvalue weighted by atomic mass is 32.1. The normalized spacial score (nSPS) is 19.6. The van der Waals surface area contributed by atoms with Crippen molar-refractivity contribution >= 4 is 28.8 Å². The smallest absolute Gasteiger partial charge is 0.227 e. The summed E-state index contributed by atoms with van der Waals surface area (Å²) in [7, 11) is 6.37. The minimum Gasteiger partial charge on any atom is -0.372 e. The maximum Gasteiger partial charge on any atom is 0.227 e. The van der Waals surface area contributed by atoms with E-state index in [0.717, 1.165) is 52.6 Å². The molecule has 0 spiro atoms. The van der Waals surface area contributed by atoms with Crippen LogP contribution in [0.4, 0.5) is 11.6 Å². The second-order valence-electron chi connectivity index (χ2n) is 10.0. The first-order valence-electron chi connectivity index (χ1n) is 12.2. The van der Waals surface area contributed by atoms with Crippen LogP contribution in [0.1, 0.15) is 49.7 Å². The molecule has 3 aliphatic rings. The van der Waals surface area contributed by atoms with Gasteiger partial charge in [0.15, 0.2) is 0 Å². The molecule has 2 aromatic rings. The Labute approximate surface area is 208 Å². The van der Waals surface area contributed by atoms with E-state index in [1.54, 1.807) is 0 Å². The van der Waals surface area contributed by atoms with Gasteiger partial charge < -0.3 is 20.4 Å². The van der Waals surface area contributed by atoms with Gasteiger partial charge in [0.2, 0.25) is 5.95 Å². The molecule has 6 nitrogen and oxygen atoms in total. The van der Waals surface area contributed by atoms with Crippen LogP contribution in [-0.2, 0) is 6.42 Å². The van der Waals surface area contributed by atoms with Gasteiger partial charge in [0.05, 0.1) is 16.7 Å². The average molecular weight is 475 g/mol. The summed E-state index contributed by atoms with van der Waals surface area (Å²) in [6, 6.07) is 6.93. The van der Waals surface area contributed by atoms with Crippen molar-refractivity contribution in [2.24, 2.45) is 0 Å². The number of nitrogens with one attached hydrogen (secondary N) is 2. The molecule has 7 heteroatoms. The van der Waals surface area contributed by atoms with Gasteiger partial charge in [0.25, 0.3) is 0 Å². The summed E-state index contributed by atoms with van der Waals surface area (Å²) in [6.07, 6.45) is 11.8. The van der Waals surface area contributed by atoms with E-state index < -0.39 is 0 Å². The molecule has 0 amide bonds. The lowest BCUT2D eigenvalue weighted by Gasteiger charge is -2.31. The molecule has 2 aliphatic heterocycles. The minimum absolute atomic E-state index is 0.225. The Bertz CT molecular complexity index is 1160.